The fourth-order valence-electron chi connectivity index (χ4n) is 1.89. The number of carbonyl (C=O) groups is 1. The Labute approximate surface area is 142 Å². The van der Waals surface area contributed by atoms with Crippen molar-refractivity contribution in [2.75, 3.05) is 10.8 Å². The average Bonchev–Trinajstić information content (AvgIpc) is 2.48. The molecule has 1 amide bonds. The van der Waals surface area contributed by atoms with Crippen LogP contribution in [0.2, 0.25) is 10.0 Å². The molecule has 0 spiro atoms. The number of anilines is 1. The fourth-order valence-corrected chi connectivity index (χ4v) is 4.07. The lowest BCUT2D eigenvalue weighted by atomic mass is 10.3. The number of sulfonamides is 1. The van der Waals surface area contributed by atoms with Gasteiger partial charge in [0.15, 0.2) is 0 Å². The van der Waals surface area contributed by atoms with Crippen LogP contribution in [0.1, 0.15) is 0 Å². The molecule has 0 saturated heterocycles. The largest absolute Gasteiger partial charge is 0.368 e. The summed E-state index contributed by atoms with van der Waals surface area (Å²) in [6.07, 6.45) is 0. The van der Waals surface area contributed by atoms with Crippen LogP contribution in [-0.2, 0) is 14.8 Å². The van der Waals surface area contributed by atoms with Gasteiger partial charge in [-0.25, -0.2) is 12.8 Å². The lowest BCUT2D eigenvalue weighted by molar-refractivity contribution is -0.116. The number of primary amides is 1. The predicted molar refractivity (Wildman–Crippen MR) is 86.6 cm³/mol. The second-order valence-electron chi connectivity index (χ2n) is 4.50. The van der Waals surface area contributed by atoms with Crippen LogP contribution in [0.3, 0.4) is 0 Å². The van der Waals surface area contributed by atoms with Gasteiger partial charge in [-0.3, -0.25) is 9.10 Å². The van der Waals surface area contributed by atoms with E-state index in [9.17, 15) is 17.6 Å². The van der Waals surface area contributed by atoms with Gasteiger partial charge in [0.25, 0.3) is 10.0 Å². The first-order valence-corrected chi connectivity index (χ1v) is 8.43. The molecule has 0 saturated carbocycles. The van der Waals surface area contributed by atoms with Crippen LogP contribution < -0.4 is 10.0 Å². The molecule has 0 aliphatic rings. The van der Waals surface area contributed by atoms with E-state index in [4.69, 9.17) is 28.9 Å². The summed E-state index contributed by atoms with van der Waals surface area (Å²) in [6.45, 7) is -0.744. The standard InChI is InChI=1S/C14H11Cl2FN2O3S/c15-9-5-6-10(16)13(7-9)23(21,22)19(8-14(18)20)12-4-2-1-3-11(12)17/h1-7H,8H2,(H2,18,20). The molecule has 0 fully saturated rings. The first kappa shape index (κ1) is 17.5. The van der Waals surface area contributed by atoms with Crippen LogP contribution in [0, 0.1) is 5.82 Å². The normalized spacial score (nSPS) is 11.3. The zero-order chi connectivity index (χ0) is 17.2. The van der Waals surface area contributed by atoms with E-state index in [2.05, 4.69) is 0 Å². The molecule has 122 valence electrons. The van der Waals surface area contributed by atoms with E-state index in [1.165, 1.54) is 30.3 Å². The van der Waals surface area contributed by atoms with Crippen molar-refractivity contribution >= 4 is 44.8 Å². The van der Waals surface area contributed by atoms with E-state index < -0.39 is 28.3 Å². The molecular formula is C14H11Cl2FN2O3S. The van der Waals surface area contributed by atoms with Gasteiger partial charge < -0.3 is 5.73 Å². The number of nitrogens with zero attached hydrogens (tertiary/aromatic N) is 1. The monoisotopic (exact) mass is 376 g/mol. The highest BCUT2D eigenvalue weighted by atomic mass is 35.5. The quantitative estimate of drug-likeness (QED) is 0.870. The SMILES string of the molecule is NC(=O)CN(c1ccccc1F)S(=O)(=O)c1cc(Cl)ccc1Cl. The summed E-state index contributed by atoms with van der Waals surface area (Å²) in [4.78, 5) is 10.9. The zero-order valence-corrected chi connectivity index (χ0v) is 13.9. The molecule has 0 radical (unpaired) electrons. The van der Waals surface area contributed by atoms with Crippen LogP contribution >= 0.6 is 23.2 Å². The van der Waals surface area contributed by atoms with E-state index in [-0.39, 0.29) is 20.6 Å². The van der Waals surface area contributed by atoms with Crippen LogP contribution in [0.4, 0.5) is 10.1 Å². The first-order chi connectivity index (χ1) is 10.7. The van der Waals surface area contributed by atoms with Crippen molar-refractivity contribution in [2.24, 2.45) is 5.73 Å². The molecule has 0 heterocycles. The van der Waals surface area contributed by atoms with Gasteiger partial charge in [-0.1, -0.05) is 35.3 Å². The summed E-state index contributed by atoms with van der Waals surface area (Å²) in [7, 11) is -4.35. The minimum atomic E-state index is -4.35. The van der Waals surface area contributed by atoms with E-state index in [1.807, 2.05) is 0 Å². The molecule has 5 nitrogen and oxygen atoms in total. The molecule has 2 aromatic carbocycles. The van der Waals surface area contributed by atoms with E-state index in [0.717, 1.165) is 12.1 Å². The summed E-state index contributed by atoms with van der Waals surface area (Å²) in [5.74, 6) is -1.77. The second-order valence-corrected chi connectivity index (χ2v) is 7.18. The van der Waals surface area contributed by atoms with Gasteiger partial charge in [0.2, 0.25) is 5.91 Å². The fraction of sp³-hybridized carbons (Fsp3) is 0.0714. The summed E-state index contributed by atoms with van der Waals surface area (Å²) in [5, 5.41) is 0.0146. The number of nitrogens with two attached hydrogens (primary N) is 1. The van der Waals surface area contributed by atoms with Gasteiger partial charge in [-0.05, 0) is 30.3 Å². The molecular weight excluding hydrogens is 366 g/mol. The minimum absolute atomic E-state index is 0.111. The van der Waals surface area contributed by atoms with Crippen molar-refractivity contribution in [1.29, 1.82) is 0 Å². The molecule has 23 heavy (non-hydrogen) atoms. The molecule has 0 aliphatic heterocycles. The van der Waals surface area contributed by atoms with Crippen LogP contribution in [0.25, 0.3) is 0 Å². The number of benzene rings is 2. The van der Waals surface area contributed by atoms with Gasteiger partial charge in [-0.2, -0.15) is 0 Å². The second kappa shape index (κ2) is 6.74. The van der Waals surface area contributed by atoms with E-state index in [1.54, 1.807) is 0 Å². The Morgan fingerprint density at radius 1 is 1.17 bits per heavy atom. The molecule has 0 aliphatic carbocycles. The van der Waals surface area contributed by atoms with Crippen LogP contribution in [0.15, 0.2) is 47.4 Å². The summed E-state index contributed by atoms with van der Waals surface area (Å²) in [6, 6.07) is 8.92. The third-order valence-electron chi connectivity index (χ3n) is 2.88. The highest BCUT2D eigenvalue weighted by Crippen LogP contribution is 2.31. The number of para-hydroxylation sites is 1. The molecule has 2 aromatic rings. The highest BCUT2D eigenvalue weighted by Gasteiger charge is 2.30. The number of halogens is 3. The number of rotatable bonds is 5. The Hall–Kier alpha value is -1.83. The van der Waals surface area contributed by atoms with Gasteiger partial charge in [-0.15, -0.1) is 0 Å². The molecule has 0 atom stereocenters. The maximum absolute atomic E-state index is 14.0. The van der Waals surface area contributed by atoms with Crippen molar-refractivity contribution in [3.63, 3.8) is 0 Å². The number of hydrogen-bond acceptors (Lipinski definition) is 3. The van der Waals surface area contributed by atoms with Crippen molar-refractivity contribution < 1.29 is 17.6 Å². The van der Waals surface area contributed by atoms with Crippen LogP contribution in [0.5, 0.6) is 0 Å². The van der Waals surface area contributed by atoms with Crippen molar-refractivity contribution in [3.05, 3.63) is 58.3 Å². The maximum Gasteiger partial charge on any atom is 0.266 e. The Balaban J connectivity index is 2.65. The lowest BCUT2D eigenvalue weighted by Crippen LogP contribution is -2.39. The first-order valence-electron chi connectivity index (χ1n) is 6.24. The molecule has 9 heteroatoms. The molecule has 2 N–H and O–H groups in total. The Bertz CT molecular complexity index is 859. The summed E-state index contributed by atoms with van der Waals surface area (Å²) >= 11 is 11.7. The smallest absolute Gasteiger partial charge is 0.266 e. The Morgan fingerprint density at radius 3 is 2.43 bits per heavy atom. The van der Waals surface area contributed by atoms with Gasteiger partial charge in [0, 0.05) is 5.02 Å². The molecule has 0 unspecified atom stereocenters. The van der Waals surface area contributed by atoms with E-state index in [0.29, 0.717) is 4.31 Å². The van der Waals surface area contributed by atoms with Crippen molar-refractivity contribution in [2.45, 2.75) is 4.90 Å². The minimum Gasteiger partial charge on any atom is -0.368 e. The molecule has 0 bridgehead atoms. The third kappa shape index (κ3) is 3.74. The molecule has 0 aromatic heterocycles. The van der Waals surface area contributed by atoms with Gasteiger partial charge >= 0.3 is 0 Å². The van der Waals surface area contributed by atoms with Crippen LogP contribution in [-0.4, -0.2) is 20.9 Å². The topological polar surface area (TPSA) is 80.5 Å². The summed E-state index contributed by atoms with van der Waals surface area (Å²) < 4.78 is 40.2. The zero-order valence-electron chi connectivity index (χ0n) is 11.5. The Kier molecular flexibility index (Phi) is 5.13. The average molecular weight is 377 g/mol. The molecule has 2 rings (SSSR count). The van der Waals surface area contributed by atoms with Crippen molar-refractivity contribution in [1.82, 2.24) is 0 Å². The van der Waals surface area contributed by atoms with Crippen molar-refractivity contribution in [3.8, 4) is 0 Å². The Morgan fingerprint density at radius 2 is 1.83 bits per heavy atom. The third-order valence-corrected chi connectivity index (χ3v) is 5.36. The number of amides is 1. The maximum atomic E-state index is 14.0. The highest BCUT2D eigenvalue weighted by molar-refractivity contribution is 7.93. The summed E-state index contributed by atoms with van der Waals surface area (Å²) in [5.41, 5.74) is 4.78. The lowest BCUT2D eigenvalue weighted by Gasteiger charge is -2.24. The number of hydrogen-bond donors (Lipinski definition) is 1. The van der Waals surface area contributed by atoms with Gasteiger partial charge in [0.1, 0.15) is 17.3 Å². The van der Waals surface area contributed by atoms with Gasteiger partial charge in [0.05, 0.1) is 10.7 Å². The number of carbonyl (C=O) groups excluding carboxylic acids is 1. The predicted octanol–water partition coefficient (Wildman–Crippen LogP) is 2.81. The van der Waals surface area contributed by atoms with E-state index >= 15 is 0 Å².